The van der Waals surface area contributed by atoms with Gasteiger partial charge in [-0.25, -0.2) is 0 Å². The molecule has 0 radical (unpaired) electrons. The largest absolute Gasteiger partial charge is 0.330 e. The number of hydrogen-bond acceptors (Lipinski definition) is 2. The van der Waals surface area contributed by atoms with Gasteiger partial charge >= 0.3 is 0 Å². The highest BCUT2D eigenvalue weighted by Gasteiger charge is 2.18. The van der Waals surface area contributed by atoms with Crippen LogP contribution in [-0.2, 0) is 6.42 Å². The Morgan fingerprint density at radius 1 is 1.10 bits per heavy atom. The molecule has 0 aliphatic carbocycles. The van der Waals surface area contributed by atoms with Crippen molar-refractivity contribution < 1.29 is 4.79 Å². The van der Waals surface area contributed by atoms with Gasteiger partial charge in [-0.2, -0.15) is 0 Å². The zero-order chi connectivity index (χ0) is 15.2. The minimum Gasteiger partial charge on any atom is -0.330 e. The zero-order valence-electron chi connectivity index (χ0n) is 12.7. The first-order valence-electron chi connectivity index (χ1n) is 7.34. The summed E-state index contributed by atoms with van der Waals surface area (Å²) in [6.07, 6.45) is 0.716. The van der Waals surface area contributed by atoms with E-state index < -0.39 is 0 Å². The maximum atomic E-state index is 12.8. The molecule has 21 heavy (non-hydrogen) atoms. The van der Waals surface area contributed by atoms with E-state index in [-0.39, 0.29) is 5.91 Å². The number of nitrogens with two attached hydrogens (primary N) is 1. The summed E-state index contributed by atoms with van der Waals surface area (Å²) in [7, 11) is 0. The van der Waals surface area contributed by atoms with Crippen LogP contribution in [0.15, 0.2) is 48.5 Å². The molecule has 2 aromatic carbocycles. The van der Waals surface area contributed by atoms with Gasteiger partial charge in [-0.15, -0.1) is 0 Å². The average Bonchev–Trinajstić information content (AvgIpc) is 2.50. The third-order valence-electron chi connectivity index (χ3n) is 3.57. The van der Waals surface area contributed by atoms with Gasteiger partial charge < -0.3 is 10.6 Å². The van der Waals surface area contributed by atoms with Gasteiger partial charge in [0.2, 0.25) is 0 Å². The van der Waals surface area contributed by atoms with Crippen molar-refractivity contribution in [2.24, 2.45) is 5.73 Å². The molecule has 3 nitrogen and oxygen atoms in total. The van der Waals surface area contributed by atoms with Crippen LogP contribution in [0.4, 0.5) is 5.69 Å². The van der Waals surface area contributed by atoms with E-state index in [2.05, 4.69) is 0 Å². The normalized spacial score (nSPS) is 10.4. The second-order valence-electron chi connectivity index (χ2n) is 5.08. The van der Waals surface area contributed by atoms with Crippen LogP contribution in [0.5, 0.6) is 0 Å². The lowest BCUT2D eigenvalue weighted by Gasteiger charge is -2.22. The van der Waals surface area contributed by atoms with Crippen molar-refractivity contribution in [3.05, 3.63) is 65.2 Å². The first-order chi connectivity index (χ1) is 10.2. The average molecular weight is 282 g/mol. The highest BCUT2D eigenvalue weighted by molar-refractivity contribution is 6.07. The maximum Gasteiger partial charge on any atom is 0.258 e. The van der Waals surface area contributed by atoms with Gasteiger partial charge in [0.05, 0.1) is 0 Å². The summed E-state index contributed by atoms with van der Waals surface area (Å²) in [6, 6.07) is 15.7. The lowest BCUT2D eigenvalue weighted by molar-refractivity contribution is 0.0987. The maximum absolute atomic E-state index is 12.8. The van der Waals surface area contributed by atoms with Crippen molar-refractivity contribution in [2.75, 3.05) is 18.0 Å². The summed E-state index contributed by atoms with van der Waals surface area (Å²) in [5, 5.41) is 0. The van der Waals surface area contributed by atoms with Gasteiger partial charge in [0, 0.05) is 17.8 Å². The number of hydrogen-bond donors (Lipinski definition) is 1. The third kappa shape index (κ3) is 3.50. The molecule has 2 N–H and O–H groups in total. The molecule has 0 saturated heterocycles. The van der Waals surface area contributed by atoms with Gasteiger partial charge in [0.25, 0.3) is 5.91 Å². The molecule has 0 aliphatic heterocycles. The van der Waals surface area contributed by atoms with E-state index in [1.165, 1.54) is 5.56 Å². The number of anilines is 1. The molecular weight excluding hydrogens is 260 g/mol. The van der Waals surface area contributed by atoms with Crippen molar-refractivity contribution in [3.8, 4) is 0 Å². The quantitative estimate of drug-likeness (QED) is 0.915. The summed E-state index contributed by atoms with van der Waals surface area (Å²) in [5.41, 5.74) is 9.50. The van der Waals surface area contributed by atoms with Crippen molar-refractivity contribution in [1.82, 2.24) is 0 Å². The number of nitrogens with zero attached hydrogens (tertiary/aromatic N) is 1. The molecule has 2 rings (SSSR count). The highest BCUT2D eigenvalue weighted by Crippen LogP contribution is 2.20. The van der Waals surface area contributed by atoms with E-state index in [0.29, 0.717) is 19.5 Å². The number of benzene rings is 2. The molecule has 0 heterocycles. The van der Waals surface area contributed by atoms with Gasteiger partial charge in [-0.05, 0) is 50.6 Å². The predicted octanol–water partition coefficient (Wildman–Crippen LogP) is 3.16. The fourth-order valence-corrected chi connectivity index (χ4v) is 2.42. The smallest absolute Gasteiger partial charge is 0.258 e. The molecular formula is C18H22N2O. The Bertz CT molecular complexity index is 605. The minimum atomic E-state index is 0.0328. The van der Waals surface area contributed by atoms with Crippen molar-refractivity contribution >= 4 is 11.6 Å². The molecule has 110 valence electrons. The SMILES string of the molecule is CCN(C(=O)c1ccccc1CCN)c1ccc(C)cc1. The Labute approximate surface area is 126 Å². The number of carbonyl (C=O) groups is 1. The topological polar surface area (TPSA) is 46.3 Å². The molecule has 0 fully saturated rings. The summed E-state index contributed by atoms with van der Waals surface area (Å²) in [6.45, 7) is 5.21. The summed E-state index contributed by atoms with van der Waals surface area (Å²) in [4.78, 5) is 14.6. The molecule has 0 bridgehead atoms. The van der Waals surface area contributed by atoms with Crippen LogP contribution in [0.25, 0.3) is 0 Å². The van der Waals surface area contributed by atoms with E-state index >= 15 is 0 Å². The second-order valence-corrected chi connectivity index (χ2v) is 5.08. The van der Waals surface area contributed by atoms with Crippen LogP contribution in [0.2, 0.25) is 0 Å². The Kier molecular flexibility index (Phi) is 5.12. The number of carbonyl (C=O) groups excluding carboxylic acids is 1. The number of amides is 1. The molecule has 0 saturated carbocycles. The van der Waals surface area contributed by atoms with E-state index in [1.54, 1.807) is 4.90 Å². The first kappa shape index (κ1) is 15.3. The second kappa shape index (κ2) is 7.04. The van der Waals surface area contributed by atoms with Gasteiger partial charge in [0.15, 0.2) is 0 Å². The number of aryl methyl sites for hydroxylation is 1. The molecule has 0 aromatic heterocycles. The number of rotatable bonds is 5. The van der Waals surface area contributed by atoms with Gasteiger partial charge in [-0.1, -0.05) is 35.9 Å². The van der Waals surface area contributed by atoms with Crippen molar-refractivity contribution in [3.63, 3.8) is 0 Å². The van der Waals surface area contributed by atoms with Crippen molar-refractivity contribution in [1.29, 1.82) is 0 Å². The van der Waals surface area contributed by atoms with Crippen LogP contribution in [0, 0.1) is 6.92 Å². The lowest BCUT2D eigenvalue weighted by atomic mass is 10.0. The molecule has 3 heteroatoms. The molecule has 0 atom stereocenters. The van der Waals surface area contributed by atoms with Crippen LogP contribution in [0.3, 0.4) is 0 Å². The zero-order valence-corrected chi connectivity index (χ0v) is 12.7. The molecule has 0 unspecified atom stereocenters. The van der Waals surface area contributed by atoms with E-state index in [0.717, 1.165) is 16.8 Å². The Balaban J connectivity index is 2.34. The summed E-state index contributed by atoms with van der Waals surface area (Å²) in [5.74, 6) is 0.0328. The van der Waals surface area contributed by atoms with Crippen LogP contribution in [0.1, 0.15) is 28.4 Å². The molecule has 0 spiro atoms. The summed E-state index contributed by atoms with van der Waals surface area (Å²) >= 11 is 0. The third-order valence-corrected chi connectivity index (χ3v) is 3.57. The van der Waals surface area contributed by atoms with Crippen LogP contribution in [-0.4, -0.2) is 19.0 Å². The van der Waals surface area contributed by atoms with E-state index in [9.17, 15) is 4.79 Å². The van der Waals surface area contributed by atoms with Crippen molar-refractivity contribution in [2.45, 2.75) is 20.3 Å². The Morgan fingerprint density at radius 3 is 2.38 bits per heavy atom. The van der Waals surface area contributed by atoms with Gasteiger partial charge in [-0.3, -0.25) is 4.79 Å². The Hall–Kier alpha value is -2.13. The molecule has 1 amide bonds. The summed E-state index contributed by atoms with van der Waals surface area (Å²) < 4.78 is 0. The molecule has 0 aliphatic rings. The highest BCUT2D eigenvalue weighted by atomic mass is 16.2. The van der Waals surface area contributed by atoms with Crippen LogP contribution >= 0.6 is 0 Å². The molecule has 2 aromatic rings. The lowest BCUT2D eigenvalue weighted by Crippen LogP contribution is -2.31. The monoisotopic (exact) mass is 282 g/mol. The van der Waals surface area contributed by atoms with Gasteiger partial charge in [0.1, 0.15) is 0 Å². The van der Waals surface area contributed by atoms with E-state index in [1.807, 2.05) is 62.4 Å². The predicted molar refractivity (Wildman–Crippen MR) is 87.7 cm³/mol. The van der Waals surface area contributed by atoms with Crippen LogP contribution < -0.4 is 10.6 Å². The minimum absolute atomic E-state index is 0.0328. The fraction of sp³-hybridized carbons (Fsp3) is 0.278. The Morgan fingerprint density at radius 2 is 1.76 bits per heavy atom. The van der Waals surface area contributed by atoms with E-state index in [4.69, 9.17) is 5.73 Å². The standard InChI is InChI=1S/C18H22N2O/c1-3-20(16-10-8-14(2)9-11-16)18(21)17-7-5-4-6-15(17)12-13-19/h4-11H,3,12-13,19H2,1-2H3. The first-order valence-corrected chi connectivity index (χ1v) is 7.34. The fourth-order valence-electron chi connectivity index (χ4n) is 2.42.